The number of carboxylic acids is 1. The summed E-state index contributed by atoms with van der Waals surface area (Å²) in [5.41, 5.74) is 0.618. The molecule has 0 aliphatic carbocycles. The molecule has 2 aromatic rings. The van der Waals surface area contributed by atoms with E-state index in [1.165, 1.54) is 29.9 Å². The minimum atomic E-state index is -1.02. The van der Waals surface area contributed by atoms with Crippen LogP contribution in [0.1, 0.15) is 15.9 Å². The molecule has 5 nitrogen and oxygen atoms in total. The molecular formula is C14H12BrNO4. The number of nitrogens with zero attached hydrogens (tertiary/aromatic N) is 1. The summed E-state index contributed by atoms with van der Waals surface area (Å²) in [6, 6.07) is 7.66. The van der Waals surface area contributed by atoms with Gasteiger partial charge < -0.3 is 14.4 Å². The fourth-order valence-electron chi connectivity index (χ4n) is 1.84. The van der Waals surface area contributed by atoms with Crippen LogP contribution in [0.2, 0.25) is 0 Å². The fraction of sp³-hybridized carbons (Fsp3) is 0.143. The molecule has 104 valence electrons. The van der Waals surface area contributed by atoms with Gasteiger partial charge in [-0.15, -0.1) is 0 Å². The minimum absolute atomic E-state index is 0.156. The molecule has 0 atom stereocenters. The van der Waals surface area contributed by atoms with Gasteiger partial charge in [0.25, 0.3) is 5.56 Å². The second-order valence-corrected chi connectivity index (χ2v) is 5.06. The van der Waals surface area contributed by atoms with Gasteiger partial charge in [0, 0.05) is 22.3 Å². The first kappa shape index (κ1) is 14.3. The predicted molar refractivity (Wildman–Crippen MR) is 77.5 cm³/mol. The third-order valence-electron chi connectivity index (χ3n) is 2.82. The Hall–Kier alpha value is -2.08. The molecule has 0 saturated heterocycles. The van der Waals surface area contributed by atoms with Crippen molar-refractivity contribution in [3.63, 3.8) is 0 Å². The van der Waals surface area contributed by atoms with Gasteiger partial charge in [0.2, 0.25) is 0 Å². The Morgan fingerprint density at radius 3 is 2.75 bits per heavy atom. The van der Waals surface area contributed by atoms with Crippen molar-refractivity contribution in [2.24, 2.45) is 0 Å². The SMILES string of the molecule is COc1ccc(C(=O)O)cc1Cn1cc(Br)ccc1=O. The summed E-state index contributed by atoms with van der Waals surface area (Å²) in [7, 11) is 1.50. The zero-order valence-electron chi connectivity index (χ0n) is 10.7. The Bertz CT molecular complexity index is 709. The van der Waals surface area contributed by atoms with Crippen molar-refractivity contribution in [2.45, 2.75) is 6.54 Å². The summed E-state index contributed by atoms with van der Waals surface area (Å²) in [5, 5.41) is 9.02. The van der Waals surface area contributed by atoms with Crippen LogP contribution in [0.4, 0.5) is 0 Å². The predicted octanol–water partition coefficient (Wildman–Crippen LogP) is 2.37. The molecule has 0 aliphatic rings. The lowest BCUT2D eigenvalue weighted by Gasteiger charge is -2.11. The van der Waals surface area contributed by atoms with Crippen LogP contribution in [0.3, 0.4) is 0 Å². The summed E-state index contributed by atoms with van der Waals surface area (Å²) in [6.45, 7) is 0.239. The van der Waals surface area contributed by atoms with Crippen LogP contribution in [0.5, 0.6) is 5.75 Å². The molecule has 0 saturated carbocycles. The molecule has 1 heterocycles. The highest BCUT2D eigenvalue weighted by Crippen LogP contribution is 2.21. The molecule has 1 aromatic heterocycles. The van der Waals surface area contributed by atoms with E-state index in [0.717, 1.165) is 4.47 Å². The molecule has 0 aliphatic heterocycles. The number of hydrogen-bond acceptors (Lipinski definition) is 3. The van der Waals surface area contributed by atoms with E-state index in [1.54, 1.807) is 18.3 Å². The maximum atomic E-state index is 11.8. The molecule has 0 bridgehead atoms. The largest absolute Gasteiger partial charge is 0.496 e. The summed E-state index contributed by atoms with van der Waals surface area (Å²) in [4.78, 5) is 22.8. The lowest BCUT2D eigenvalue weighted by atomic mass is 10.1. The average molecular weight is 338 g/mol. The Kier molecular flexibility index (Phi) is 4.24. The van der Waals surface area contributed by atoms with Gasteiger partial charge in [-0.3, -0.25) is 4.79 Å². The van der Waals surface area contributed by atoms with E-state index in [2.05, 4.69) is 15.9 Å². The van der Waals surface area contributed by atoms with Crippen LogP contribution in [-0.4, -0.2) is 22.8 Å². The van der Waals surface area contributed by atoms with Crippen LogP contribution in [0.25, 0.3) is 0 Å². The van der Waals surface area contributed by atoms with Crippen LogP contribution in [-0.2, 0) is 6.54 Å². The van der Waals surface area contributed by atoms with E-state index in [1.807, 2.05) is 0 Å². The van der Waals surface area contributed by atoms with Gasteiger partial charge in [-0.1, -0.05) is 0 Å². The van der Waals surface area contributed by atoms with Crippen molar-refractivity contribution >= 4 is 21.9 Å². The van der Waals surface area contributed by atoms with Crippen molar-refractivity contribution in [2.75, 3.05) is 7.11 Å². The van der Waals surface area contributed by atoms with Gasteiger partial charge in [0.15, 0.2) is 0 Å². The normalized spacial score (nSPS) is 10.3. The highest BCUT2D eigenvalue weighted by molar-refractivity contribution is 9.10. The number of pyridine rings is 1. The monoisotopic (exact) mass is 337 g/mol. The fourth-order valence-corrected chi connectivity index (χ4v) is 2.22. The van der Waals surface area contributed by atoms with Crippen LogP contribution >= 0.6 is 15.9 Å². The zero-order chi connectivity index (χ0) is 14.7. The number of rotatable bonds is 4. The van der Waals surface area contributed by atoms with Gasteiger partial charge in [-0.05, 0) is 40.2 Å². The third-order valence-corrected chi connectivity index (χ3v) is 3.28. The highest BCUT2D eigenvalue weighted by Gasteiger charge is 2.10. The third kappa shape index (κ3) is 3.08. The topological polar surface area (TPSA) is 68.5 Å². The second-order valence-electron chi connectivity index (χ2n) is 4.15. The van der Waals surface area contributed by atoms with E-state index < -0.39 is 5.97 Å². The first-order chi connectivity index (χ1) is 9.51. The Balaban J connectivity index is 2.46. The summed E-state index contributed by atoms with van der Waals surface area (Å²) < 4.78 is 7.45. The molecule has 6 heteroatoms. The molecule has 0 unspecified atom stereocenters. The second kappa shape index (κ2) is 5.92. The minimum Gasteiger partial charge on any atom is -0.496 e. The number of halogens is 1. The smallest absolute Gasteiger partial charge is 0.335 e. The van der Waals surface area contributed by atoms with E-state index in [9.17, 15) is 9.59 Å². The van der Waals surface area contributed by atoms with Crippen molar-refractivity contribution in [3.05, 3.63) is 62.5 Å². The van der Waals surface area contributed by atoms with E-state index in [-0.39, 0.29) is 17.7 Å². The lowest BCUT2D eigenvalue weighted by Crippen LogP contribution is -2.19. The lowest BCUT2D eigenvalue weighted by molar-refractivity contribution is 0.0696. The Morgan fingerprint density at radius 2 is 2.10 bits per heavy atom. The highest BCUT2D eigenvalue weighted by atomic mass is 79.9. The first-order valence-corrected chi connectivity index (χ1v) is 6.57. The number of carbonyl (C=O) groups is 1. The summed E-state index contributed by atoms with van der Waals surface area (Å²) in [6.07, 6.45) is 1.65. The summed E-state index contributed by atoms with van der Waals surface area (Å²) in [5.74, 6) is -0.475. The van der Waals surface area contributed by atoms with Crippen molar-refractivity contribution in [1.29, 1.82) is 0 Å². The van der Waals surface area contributed by atoms with Gasteiger partial charge in [-0.25, -0.2) is 4.79 Å². The number of benzene rings is 1. The quantitative estimate of drug-likeness (QED) is 0.929. The molecule has 0 fully saturated rings. The number of carboxylic acid groups (broad SMARTS) is 1. The van der Waals surface area contributed by atoms with Crippen molar-refractivity contribution in [3.8, 4) is 5.75 Å². The molecule has 0 radical (unpaired) electrons. The average Bonchev–Trinajstić information content (AvgIpc) is 2.42. The Labute approximate surface area is 123 Å². The Morgan fingerprint density at radius 1 is 1.35 bits per heavy atom. The maximum absolute atomic E-state index is 11.8. The number of aromatic nitrogens is 1. The molecule has 2 rings (SSSR count). The molecule has 0 spiro atoms. The van der Waals surface area contributed by atoms with E-state index >= 15 is 0 Å². The number of ether oxygens (including phenoxy) is 1. The number of methoxy groups -OCH3 is 1. The number of hydrogen-bond donors (Lipinski definition) is 1. The van der Waals surface area contributed by atoms with Crippen molar-refractivity contribution in [1.82, 2.24) is 4.57 Å². The van der Waals surface area contributed by atoms with E-state index in [0.29, 0.717) is 11.3 Å². The van der Waals surface area contributed by atoms with E-state index in [4.69, 9.17) is 9.84 Å². The number of aromatic carboxylic acids is 1. The standard InChI is InChI=1S/C14H12BrNO4/c1-20-12-4-2-9(14(18)19)6-10(12)7-16-8-11(15)3-5-13(16)17/h2-6,8H,7H2,1H3,(H,18,19). The molecule has 1 aromatic carbocycles. The van der Waals surface area contributed by atoms with Gasteiger partial charge in [-0.2, -0.15) is 0 Å². The zero-order valence-corrected chi connectivity index (χ0v) is 12.3. The van der Waals surface area contributed by atoms with Gasteiger partial charge in [0.1, 0.15) is 5.75 Å². The van der Waals surface area contributed by atoms with Crippen LogP contribution < -0.4 is 10.3 Å². The van der Waals surface area contributed by atoms with Crippen molar-refractivity contribution < 1.29 is 14.6 Å². The van der Waals surface area contributed by atoms with Gasteiger partial charge >= 0.3 is 5.97 Å². The van der Waals surface area contributed by atoms with Crippen LogP contribution in [0, 0.1) is 0 Å². The molecule has 20 heavy (non-hydrogen) atoms. The van der Waals surface area contributed by atoms with Crippen LogP contribution in [0.15, 0.2) is 45.8 Å². The molecule has 0 amide bonds. The van der Waals surface area contributed by atoms with Gasteiger partial charge in [0.05, 0.1) is 19.2 Å². The molecular weight excluding hydrogens is 326 g/mol. The first-order valence-electron chi connectivity index (χ1n) is 5.77. The summed E-state index contributed by atoms with van der Waals surface area (Å²) >= 11 is 3.30. The molecule has 1 N–H and O–H groups in total. The maximum Gasteiger partial charge on any atom is 0.335 e.